The van der Waals surface area contributed by atoms with Crippen molar-refractivity contribution in [2.45, 2.75) is 34.2 Å². The molecule has 6 nitrogen and oxygen atoms in total. The van der Waals surface area contributed by atoms with E-state index in [1.807, 2.05) is 82.3 Å². The number of carbonyl (C=O) groups excluding carboxylic acids is 1. The molecule has 146 valence electrons. The summed E-state index contributed by atoms with van der Waals surface area (Å²) in [5.74, 6) is 1.00. The second-order valence-corrected chi connectivity index (χ2v) is 7.37. The molecule has 0 bridgehead atoms. The molecule has 0 unspecified atom stereocenters. The van der Waals surface area contributed by atoms with Gasteiger partial charge in [0.25, 0.3) is 11.7 Å². The zero-order valence-electron chi connectivity index (χ0n) is 17.0. The van der Waals surface area contributed by atoms with E-state index in [0.717, 1.165) is 28.2 Å². The minimum absolute atomic E-state index is 0.0893. The SMILES string of the molecule is Cc1ccc(C(=O)N(Cc2nc3nc(C)cc(C)n3n2)c2ccc(C)cc2)cc1. The summed E-state index contributed by atoms with van der Waals surface area (Å²) in [5, 5.41) is 4.58. The van der Waals surface area contributed by atoms with Crippen molar-refractivity contribution in [3.63, 3.8) is 0 Å². The van der Waals surface area contributed by atoms with Crippen LogP contribution in [0.5, 0.6) is 0 Å². The molecule has 2 aromatic heterocycles. The van der Waals surface area contributed by atoms with Gasteiger partial charge in [-0.05, 0) is 58.0 Å². The van der Waals surface area contributed by atoms with Gasteiger partial charge in [0.2, 0.25) is 0 Å². The maximum Gasteiger partial charge on any atom is 0.258 e. The first-order chi connectivity index (χ1) is 13.9. The molecule has 0 aliphatic carbocycles. The number of amides is 1. The fourth-order valence-corrected chi connectivity index (χ4v) is 3.27. The zero-order valence-corrected chi connectivity index (χ0v) is 17.0. The van der Waals surface area contributed by atoms with Crippen LogP contribution in [-0.2, 0) is 6.54 Å². The fraction of sp³-hybridized carbons (Fsp3) is 0.217. The van der Waals surface area contributed by atoms with Gasteiger partial charge in [0.15, 0.2) is 5.82 Å². The van der Waals surface area contributed by atoms with Gasteiger partial charge >= 0.3 is 0 Å². The Morgan fingerprint density at radius 1 is 0.897 bits per heavy atom. The van der Waals surface area contributed by atoms with Crippen molar-refractivity contribution < 1.29 is 4.79 Å². The van der Waals surface area contributed by atoms with E-state index in [2.05, 4.69) is 15.1 Å². The second-order valence-electron chi connectivity index (χ2n) is 7.37. The van der Waals surface area contributed by atoms with Crippen LogP contribution in [0.4, 0.5) is 5.69 Å². The number of fused-ring (bicyclic) bond motifs is 1. The molecule has 0 radical (unpaired) electrons. The van der Waals surface area contributed by atoms with Crippen LogP contribution in [0.3, 0.4) is 0 Å². The van der Waals surface area contributed by atoms with Crippen LogP contribution in [-0.4, -0.2) is 25.5 Å². The van der Waals surface area contributed by atoms with E-state index >= 15 is 0 Å². The molecule has 0 saturated heterocycles. The Hall–Kier alpha value is -3.54. The van der Waals surface area contributed by atoms with Crippen LogP contribution in [0.1, 0.15) is 38.7 Å². The van der Waals surface area contributed by atoms with Gasteiger partial charge in [-0.25, -0.2) is 9.50 Å². The lowest BCUT2D eigenvalue weighted by Gasteiger charge is -2.22. The highest BCUT2D eigenvalue weighted by atomic mass is 16.2. The van der Waals surface area contributed by atoms with Crippen molar-refractivity contribution >= 4 is 17.4 Å². The molecule has 29 heavy (non-hydrogen) atoms. The summed E-state index contributed by atoms with van der Waals surface area (Å²) in [4.78, 5) is 24.0. The van der Waals surface area contributed by atoms with Crippen LogP contribution in [0, 0.1) is 27.7 Å². The average Bonchev–Trinajstić information content (AvgIpc) is 3.10. The van der Waals surface area contributed by atoms with Crippen LogP contribution in [0.15, 0.2) is 54.6 Å². The predicted molar refractivity (Wildman–Crippen MR) is 113 cm³/mol. The molecule has 0 N–H and O–H groups in total. The highest BCUT2D eigenvalue weighted by Gasteiger charge is 2.21. The molecule has 0 saturated carbocycles. The van der Waals surface area contributed by atoms with Gasteiger partial charge in [-0.3, -0.25) is 4.79 Å². The summed E-state index contributed by atoms with van der Waals surface area (Å²) >= 11 is 0. The predicted octanol–water partition coefficient (Wildman–Crippen LogP) is 4.20. The third-order valence-corrected chi connectivity index (χ3v) is 4.85. The molecule has 0 fully saturated rings. The number of rotatable bonds is 4. The van der Waals surface area contributed by atoms with Gasteiger partial charge in [-0.1, -0.05) is 35.4 Å². The van der Waals surface area contributed by atoms with Gasteiger partial charge in [0.1, 0.15) is 0 Å². The first-order valence-electron chi connectivity index (χ1n) is 9.56. The standard InChI is InChI=1S/C23H23N5O/c1-15-5-9-19(10-6-15)22(29)27(20-11-7-16(2)8-12-20)14-21-25-23-24-17(3)13-18(4)28(23)26-21/h5-13H,14H2,1-4H3. The molecule has 0 aliphatic heterocycles. The van der Waals surface area contributed by atoms with E-state index < -0.39 is 0 Å². The lowest BCUT2D eigenvalue weighted by Crippen LogP contribution is -2.31. The summed E-state index contributed by atoms with van der Waals surface area (Å²) < 4.78 is 1.71. The third-order valence-electron chi connectivity index (χ3n) is 4.85. The number of anilines is 1. The monoisotopic (exact) mass is 385 g/mol. The number of carbonyl (C=O) groups is 1. The topological polar surface area (TPSA) is 63.4 Å². The van der Waals surface area contributed by atoms with Crippen molar-refractivity contribution in [1.82, 2.24) is 19.6 Å². The Balaban J connectivity index is 1.74. The number of aromatic nitrogens is 4. The van der Waals surface area contributed by atoms with Gasteiger partial charge in [-0.2, -0.15) is 4.98 Å². The Kier molecular flexibility index (Phi) is 4.84. The quantitative estimate of drug-likeness (QED) is 0.528. The Bertz CT molecular complexity index is 1180. The molecular formula is C23H23N5O. The molecule has 1 amide bonds. The lowest BCUT2D eigenvalue weighted by molar-refractivity contribution is 0.0984. The molecular weight excluding hydrogens is 362 g/mol. The summed E-state index contributed by atoms with van der Waals surface area (Å²) in [6.45, 7) is 8.19. The molecule has 0 atom stereocenters. The lowest BCUT2D eigenvalue weighted by atomic mass is 10.1. The van der Waals surface area contributed by atoms with Crippen molar-refractivity contribution in [3.8, 4) is 0 Å². The van der Waals surface area contributed by atoms with Crippen LogP contribution in [0.25, 0.3) is 5.78 Å². The zero-order chi connectivity index (χ0) is 20.5. The number of hydrogen-bond donors (Lipinski definition) is 0. The third kappa shape index (κ3) is 3.87. The van der Waals surface area contributed by atoms with Gasteiger partial charge in [0.05, 0.1) is 6.54 Å². The Morgan fingerprint density at radius 2 is 1.52 bits per heavy atom. The molecule has 4 rings (SSSR count). The summed E-state index contributed by atoms with van der Waals surface area (Å²) in [6.07, 6.45) is 0. The smallest absolute Gasteiger partial charge is 0.258 e. The van der Waals surface area contributed by atoms with Crippen molar-refractivity contribution in [1.29, 1.82) is 0 Å². The van der Waals surface area contributed by atoms with Crippen LogP contribution >= 0.6 is 0 Å². The molecule has 0 aliphatic rings. The summed E-state index contributed by atoms with van der Waals surface area (Å²) in [5.41, 5.74) is 5.53. The van der Waals surface area contributed by atoms with E-state index in [0.29, 0.717) is 17.2 Å². The first kappa shape index (κ1) is 18.8. The maximum absolute atomic E-state index is 13.3. The van der Waals surface area contributed by atoms with Crippen molar-refractivity contribution in [2.75, 3.05) is 4.90 Å². The Morgan fingerprint density at radius 3 is 2.17 bits per heavy atom. The number of hydrogen-bond acceptors (Lipinski definition) is 4. The average molecular weight is 385 g/mol. The highest BCUT2D eigenvalue weighted by Crippen LogP contribution is 2.21. The van der Waals surface area contributed by atoms with Gasteiger partial charge < -0.3 is 4.90 Å². The minimum atomic E-state index is -0.0893. The normalized spacial score (nSPS) is 11.0. The van der Waals surface area contributed by atoms with Crippen molar-refractivity contribution in [2.24, 2.45) is 0 Å². The van der Waals surface area contributed by atoms with E-state index in [9.17, 15) is 4.79 Å². The molecule has 4 aromatic rings. The fourth-order valence-electron chi connectivity index (χ4n) is 3.27. The number of nitrogens with zero attached hydrogens (tertiary/aromatic N) is 5. The molecule has 2 heterocycles. The first-order valence-corrected chi connectivity index (χ1v) is 9.56. The van der Waals surface area contributed by atoms with E-state index in [1.165, 1.54) is 0 Å². The van der Waals surface area contributed by atoms with E-state index in [1.54, 1.807) is 9.42 Å². The summed E-state index contributed by atoms with van der Waals surface area (Å²) in [7, 11) is 0. The molecule has 2 aromatic carbocycles. The highest BCUT2D eigenvalue weighted by molar-refractivity contribution is 6.06. The second kappa shape index (κ2) is 7.47. The largest absolute Gasteiger partial charge is 0.301 e. The van der Waals surface area contributed by atoms with Crippen LogP contribution < -0.4 is 4.90 Å². The maximum atomic E-state index is 13.3. The van der Waals surface area contributed by atoms with E-state index in [4.69, 9.17) is 0 Å². The minimum Gasteiger partial charge on any atom is -0.301 e. The summed E-state index contributed by atoms with van der Waals surface area (Å²) in [6, 6.07) is 17.4. The molecule has 6 heteroatoms. The number of aryl methyl sites for hydroxylation is 4. The number of benzene rings is 2. The Labute approximate surface area is 169 Å². The van der Waals surface area contributed by atoms with E-state index in [-0.39, 0.29) is 12.5 Å². The van der Waals surface area contributed by atoms with Gasteiger partial charge in [0, 0.05) is 22.6 Å². The van der Waals surface area contributed by atoms with Gasteiger partial charge in [-0.15, -0.1) is 5.10 Å². The van der Waals surface area contributed by atoms with Crippen LogP contribution in [0.2, 0.25) is 0 Å². The molecule has 0 spiro atoms. The van der Waals surface area contributed by atoms with Crippen molar-refractivity contribution in [3.05, 3.63) is 88.5 Å².